The lowest BCUT2D eigenvalue weighted by Gasteiger charge is -2.27. The second-order valence-corrected chi connectivity index (χ2v) is 8.49. The summed E-state index contributed by atoms with van der Waals surface area (Å²) in [5.74, 6) is 0. The zero-order valence-electron chi connectivity index (χ0n) is 16.1. The van der Waals surface area contributed by atoms with E-state index in [4.69, 9.17) is 0 Å². The van der Waals surface area contributed by atoms with Crippen LogP contribution < -0.4 is 4.90 Å². The molecule has 0 fully saturated rings. The van der Waals surface area contributed by atoms with Crippen molar-refractivity contribution >= 4 is 11.4 Å². The van der Waals surface area contributed by atoms with Crippen LogP contribution in [0.15, 0.2) is 61.2 Å². The Morgan fingerprint density at radius 2 is 1.04 bits per heavy atom. The Kier molecular flexibility index (Phi) is 5.22. The third-order valence-corrected chi connectivity index (χ3v) is 4.40. The maximum absolute atomic E-state index is 3.92. The van der Waals surface area contributed by atoms with E-state index in [1.54, 1.807) is 0 Å². The maximum Gasteiger partial charge on any atom is 0.0413 e. The average Bonchev–Trinajstić information content (AvgIpc) is 2.51. The van der Waals surface area contributed by atoms with Crippen molar-refractivity contribution in [3.63, 3.8) is 0 Å². The van der Waals surface area contributed by atoms with Crippen molar-refractivity contribution in [1.82, 2.24) is 0 Å². The molecule has 0 aromatic heterocycles. The largest absolute Gasteiger partial charge is 0.338 e. The number of nitrogens with zero attached hydrogens (tertiary/aromatic N) is 1. The monoisotopic (exact) mass is 321 g/mol. The Balaban J connectivity index is 2.34. The Bertz CT molecular complexity index is 606. The van der Waals surface area contributed by atoms with Crippen LogP contribution in [0.5, 0.6) is 0 Å². The molecule has 0 saturated heterocycles. The van der Waals surface area contributed by atoms with Crippen LogP contribution in [-0.2, 0) is 10.8 Å². The van der Waals surface area contributed by atoms with Crippen molar-refractivity contribution in [3.8, 4) is 0 Å². The van der Waals surface area contributed by atoms with Crippen molar-refractivity contribution in [3.05, 3.63) is 72.3 Å². The molecule has 0 bridgehead atoms. The Morgan fingerprint density at radius 3 is 1.29 bits per heavy atom. The molecule has 24 heavy (non-hydrogen) atoms. The van der Waals surface area contributed by atoms with Crippen molar-refractivity contribution < 1.29 is 0 Å². The van der Waals surface area contributed by atoms with E-state index < -0.39 is 0 Å². The minimum atomic E-state index is 0.177. The van der Waals surface area contributed by atoms with E-state index in [9.17, 15) is 0 Å². The quantitative estimate of drug-likeness (QED) is 0.573. The average molecular weight is 322 g/mol. The highest BCUT2D eigenvalue weighted by Crippen LogP contribution is 2.31. The zero-order chi connectivity index (χ0) is 18.0. The summed E-state index contributed by atoms with van der Waals surface area (Å²) in [7, 11) is 0. The first-order valence-electron chi connectivity index (χ1n) is 8.72. The van der Waals surface area contributed by atoms with Crippen molar-refractivity contribution in [2.24, 2.45) is 0 Å². The fraction of sp³-hybridized carbons (Fsp3) is 0.391. The molecule has 0 atom stereocenters. The summed E-state index contributed by atoms with van der Waals surface area (Å²) in [4.78, 5) is 2.30. The lowest BCUT2D eigenvalue weighted by molar-refractivity contribution is 0.590. The number of anilines is 2. The second kappa shape index (κ2) is 6.84. The van der Waals surface area contributed by atoms with Gasteiger partial charge in [0.15, 0.2) is 0 Å². The molecular formula is C23H31N. The first-order valence-corrected chi connectivity index (χ1v) is 8.72. The third kappa shape index (κ3) is 4.29. The third-order valence-electron chi connectivity index (χ3n) is 4.40. The van der Waals surface area contributed by atoms with Gasteiger partial charge >= 0.3 is 0 Å². The lowest BCUT2D eigenvalue weighted by atomic mass is 9.87. The van der Waals surface area contributed by atoms with Gasteiger partial charge in [-0.25, -0.2) is 0 Å². The fourth-order valence-electron chi connectivity index (χ4n) is 2.77. The molecule has 1 heteroatoms. The van der Waals surface area contributed by atoms with E-state index in [-0.39, 0.29) is 10.8 Å². The molecule has 0 amide bonds. The Hall–Kier alpha value is -2.02. The maximum atomic E-state index is 3.92. The molecule has 1 nitrogen and oxygen atoms in total. The smallest absolute Gasteiger partial charge is 0.0413 e. The molecule has 2 aromatic carbocycles. The minimum absolute atomic E-state index is 0.177. The summed E-state index contributed by atoms with van der Waals surface area (Å²) >= 11 is 0. The first kappa shape index (κ1) is 18.3. The van der Waals surface area contributed by atoms with E-state index in [1.807, 2.05) is 6.08 Å². The standard InChI is InChI=1S/C23H31N/c1-8-17-24(20-13-9-18(10-14-20)22(2,3)4)21-15-11-19(12-16-21)23(5,6)7/h8-16H,1,17H2,2-7H3. The summed E-state index contributed by atoms with van der Waals surface area (Å²) in [5, 5.41) is 0. The first-order chi connectivity index (χ1) is 11.1. The highest BCUT2D eigenvalue weighted by Gasteiger charge is 2.16. The lowest BCUT2D eigenvalue weighted by Crippen LogP contribution is -2.18. The molecule has 2 aromatic rings. The number of benzene rings is 2. The van der Waals surface area contributed by atoms with Crippen LogP contribution in [0.3, 0.4) is 0 Å². The summed E-state index contributed by atoms with van der Waals surface area (Å²) in [6.07, 6.45) is 1.95. The zero-order valence-corrected chi connectivity index (χ0v) is 16.1. The van der Waals surface area contributed by atoms with Crippen LogP contribution in [0.25, 0.3) is 0 Å². The molecule has 0 spiro atoms. The van der Waals surface area contributed by atoms with Gasteiger partial charge in [-0.2, -0.15) is 0 Å². The van der Waals surface area contributed by atoms with E-state index >= 15 is 0 Å². The number of hydrogen-bond acceptors (Lipinski definition) is 1. The van der Waals surface area contributed by atoms with Gasteiger partial charge in [-0.15, -0.1) is 6.58 Å². The van der Waals surface area contributed by atoms with E-state index in [0.717, 1.165) is 6.54 Å². The van der Waals surface area contributed by atoms with Gasteiger partial charge in [0, 0.05) is 17.9 Å². The predicted molar refractivity (Wildman–Crippen MR) is 107 cm³/mol. The van der Waals surface area contributed by atoms with Crippen molar-refractivity contribution in [2.45, 2.75) is 52.4 Å². The molecule has 0 unspecified atom stereocenters. The molecule has 0 aliphatic heterocycles. The van der Waals surface area contributed by atoms with Crippen LogP contribution in [0.1, 0.15) is 52.7 Å². The summed E-state index contributed by atoms with van der Waals surface area (Å²) < 4.78 is 0. The number of rotatable bonds is 4. The van der Waals surface area contributed by atoms with E-state index in [1.165, 1.54) is 22.5 Å². The van der Waals surface area contributed by atoms with Gasteiger partial charge in [0.25, 0.3) is 0 Å². The van der Waals surface area contributed by atoms with E-state index in [2.05, 4.69) is 102 Å². The summed E-state index contributed by atoms with van der Waals surface area (Å²) in [6.45, 7) is 18.2. The Labute approximate surface area is 148 Å². The molecule has 0 aliphatic rings. The molecule has 2 rings (SSSR count). The molecular weight excluding hydrogens is 290 g/mol. The molecule has 0 aliphatic carbocycles. The SMILES string of the molecule is C=CCN(c1ccc(C(C)(C)C)cc1)c1ccc(C(C)(C)C)cc1. The minimum Gasteiger partial charge on any atom is -0.338 e. The topological polar surface area (TPSA) is 3.24 Å². The van der Waals surface area contributed by atoms with Gasteiger partial charge in [0.05, 0.1) is 0 Å². The van der Waals surface area contributed by atoms with Crippen molar-refractivity contribution in [1.29, 1.82) is 0 Å². The van der Waals surface area contributed by atoms with Gasteiger partial charge in [0.1, 0.15) is 0 Å². The van der Waals surface area contributed by atoms with Gasteiger partial charge in [-0.1, -0.05) is 71.9 Å². The highest BCUT2D eigenvalue weighted by molar-refractivity contribution is 5.64. The number of hydrogen-bond donors (Lipinski definition) is 0. The normalized spacial score (nSPS) is 12.1. The van der Waals surface area contributed by atoms with Crippen LogP contribution in [0, 0.1) is 0 Å². The van der Waals surface area contributed by atoms with Gasteiger partial charge in [-0.3, -0.25) is 0 Å². The molecule has 0 N–H and O–H groups in total. The fourth-order valence-corrected chi connectivity index (χ4v) is 2.77. The molecule has 128 valence electrons. The van der Waals surface area contributed by atoms with Gasteiger partial charge < -0.3 is 4.90 Å². The predicted octanol–water partition coefficient (Wildman–Crippen LogP) is 6.61. The van der Waals surface area contributed by atoms with Crippen molar-refractivity contribution in [2.75, 3.05) is 11.4 Å². The summed E-state index contributed by atoms with van der Waals surface area (Å²) in [6, 6.07) is 17.8. The van der Waals surface area contributed by atoms with Gasteiger partial charge in [0.2, 0.25) is 0 Å². The molecule has 0 heterocycles. The van der Waals surface area contributed by atoms with Crippen LogP contribution in [0.2, 0.25) is 0 Å². The Morgan fingerprint density at radius 1 is 0.708 bits per heavy atom. The van der Waals surface area contributed by atoms with Crippen LogP contribution >= 0.6 is 0 Å². The second-order valence-electron chi connectivity index (χ2n) is 8.49. The molecule has 0 saturated carbocycles. The highest BCUT2D eigenvalue weighted by atomic mass is 15.1. The van der Waals surface area contributed by atoms with E-state index in [0.29, 0.717) is 0 Å². The van der Waals surface area contributed by atoms with Gasteiger partial charge in [-0.05, 0) is 46.2 Å². The van der Waals surface area contributed by atoms with Crippen LogP contribution in [0.4, 0.5) is 11.4 Å². The molecule has 0 radical (unpaired) electrons. The summed E-state index contributed by atoms with van der Waals surface area (Å²) in [5.41, 5.74) is 5.46. The van der Waals surface area contributed by atoms with Crippen LogP contribution in [-0.4, -0.2) is 6.54 Å².